The first-order chi connectivity index (χ1) is 14.0. The Bertz CT molecular complexity index is 693. The molecule has 2 aliphatic heterocycles. The van der Waals surface area contributed by atoms with Gasteiger partial charge in [-0.25, -0.2) is 4.39 Å². The fourth-order valence-electron chi connectivity index (χ4n) is 4.70. The lowest BCUT2D eigenvalue weighted by molar-refractivity contribution is -0.139. The summed E-state index contributed by atoms with van der Waals surface area (Å²) in [5.74, 6) is 0.0231. The van der Waals surface area contributed by atoms with E-state index in [0.29, 0.717) is 37.2 Å². The summed E-state index contributed by atoms with van der Waals surface area (Å²) in [6.07, 6.45) is 5.41. The molecule has 0 spiro atoms. The minimum absolute atomic E-state index is 0.0187. The molecule has 1 N–H and O–H groups in total. The van der Waals surface area contributed by atoms with E-state index in [4.69, 9.17) is 0 Å². The van der Waals surface area contributed by atoms with Crippen LogP contribution in [0.1, 0.15) is 51.5 Å². The van der Waals surface area contributed by atoms with Crippen molar-refractivity contribution in [2.24, 2.45) is 5.92 Å². The SMILES string of the molecule is CC1CCCC(C)N1C(=O)CN1CCC(C(=O)NCCc2ccccc2F)CC1. The summed E-state index contributed by atoms with van der Waals surface area (Å²) < 4.78 is 13.6. The molecule has 2 amide bonds. The number of nitrogens with one attached hydrogen (secondary N) is 1. The fraction of sp³-hybridized carbons (Fsp3) is 0.652. The molecular formula is C23H34FN3O2. The van der Waals surface area contributed by atoms with Gasteiger partial charge >= 0.3 is 0 Å². The number of benzene rings is 1. The van der Waals surface area contributed by atoms with Crippen LogP contribution in [0.2, 0.25) is 0 Å². The Hall–Kier alpha value is -1.95. The zero-order chi connectivity index (χ0) is 20.8. The van der Waals surface area contributed by atoms with E-state index in [1.54, 1.807) is 12.1 Å². The number of carbonyl (C=O) groups excluding carboxylic acids is 2. The Morgan fingerprint density at radius 1 is 1.07 bits per heavy atom. The van der Waals surface area contributed by atoms with Gasteiger partial charge < -0.3 is 10.2 Å². The van der Waals surface area contributed by atoms with Gasteiger partial charge in [-0.15, -0.1) is 0 Å². The highest BCUT2D eigenvalue weighted by Crippen LogP contribution is 2.24. The second-order valence-electron chi connectivity index (χ2n) is 8.61. The van der Waals surface area contributed by atoms with E-state index in [9.17, 15) is 14.0 Å². The number of nitrogens with zero attached hydrogens (tertiary/aromatic N) is 2. The molecule has 2 heterocycles. The zero-order valence-corrected chi connectivity index (χ0v) is 17.7. The van der Waals surface area contributed by atoms with Crippen LogP contribution >= 0.6 is 0 Å². The standard InChI is InChI=1S/C23H34FN3O2/c1-17-6-5-7-18(2)27(17)22(28)16-26-14-11-20(12-15-26)23(29)25-13-10-19-8-3-4-9-21(19)24/h3-4,8-9,17-18,20H,5-7,10-16H2,1-2H3,(H,25,29). The van der Waals surface area contributed by atoms with Crippen molar-refractivity contribution in [3.05, 3.63) is 35.6 Å². The van der Waals surface area contributed by atoms with Crippen LogP contribution in [0.25, 0.3) is 0 Å². The highest BCUT2D eigenvalue weighted by Gasteiger charge is 2.31. The molecular weight excluding hydrogens is 369 g/mol. The molecule has 0 aliphatic carbocycles. The molecule has 0 bridgehead atoms. The molecule has 6 heteroatoms. The summed E-state index contributed by atoms with van der Waals surface area (Å²) in [6.45, 7) is 6.73. The van der Waals surface area contributed by atoms with Gasteiger partial charge in [-0.3, -0.25) is 14.5 Å². The Balaban J connectivity index is 1.39. The summed E-state index contributed by atoms with van der Waals surface area (Å²) in [7, 11) is 0. The van der Waals surface area contributed by atoms with Gasteiger partial charge in [-0.1, -0.05) is 18.2 Å². The number of amides is 2. The van der Waals surface area contributed by atoms with Gasteiger partial charge in [0.25, 0.3) is 0 Å². The Labute approximate surface area is 173 Å². The molecule has 2 fully saturated rings. The summed E-state index contributed by atoms with van der Waals surface area (Å²) in [6, 6.07) is 7.32. The average Bonchev–Trinajstić information content (AvgIpc) is 2.70. The van der Waals surface area contributed by atoms with Crippen molar-refractivity contribution in [2.75, 3.05) is 26.2 Å². The highest BCUT2D eigenvalue weighted by atomic mass is 19.1. The molecule has 5 nitrogen and oxygen atoms in total. The minimum Gasteiger partial charge on any atom is -0.356 e. The lowest BCUT2D eigenvalue weighted by Crippen LogP contribution is -2.52. The van der Waals surface area contributed by atoms with E-state index >= 15 is 0 Å². The van der Waals surface area contributed by atoms with Crippen LogP contribution in [-0.2, 0) is 16.0 Å². The van der Waals surface area contributed by atoms with Crippen molar-refractivity contribution in [3.8, 4) is 0 Å². The van der Waals surface area contributed by atoms with E-state index in [1.807, 2.05) is 6.07 Å². The number of rotatable bonds is 6. The number of carbonyl (C=O) groups is 2. The maximum Gasteiger partial charge on any atom is 0.237 e. The van der Waals surface area contributed by atoms with Gasteiger partial charge in [-0.05, 0) is 77.1 Å². The minimum atomic E-state index is -0.225. The summed E-state index contributed by atoms with van der Waals surface area (Å²) >= 11 is 0. The zero-order valence-electron chi connectivity index (χ0n) is 17.7. The molecule has 1 aromatic rings. The Kier molecular flexibility index (Phi) is 7.64. The van der Waals surface area contributed by atoms with Crippen molar-refractivity contribution in [3.63, 3.8) is 0 Å². The Morgan fingerprint density at radius 3 is 2.38 bits per heavy atom. The smallest absolute Gasteiger partial charge is 0.237 e. The number of hydrogen-bond acceptors (Lipinski definition) is 3. The van der Waals surface area contributed by atoms with Crippen molar-refractivity contribution >= 4 is 11.8 Å². The maximum atomic E-state index is 13.6. The second-order valence-corrected chi connectivity index (χ2v) is 8.61. The normalized spacial score (nSPS) is 23.8. The topological polar surface area (TPSA) is 52.7 Å². The molecule has 0 radical (unpaired) electrons. The van der Waals surface area contributed by atoms with Crippen molar-refractivity contribution < 1.29 is 14.0 Å². The van der Waals surface area contributed by atoms with Crippen LogP contribution in [0.5, 0.6) is 0 Å². The van der Waals surface area contributed by atoms with Crippen LogP contribution in [0.4, 0.5) is 4.39 Å². The molecule has 2 saturated heterocycles. The van der Waals surface area contributed by atoms with E-state index in [1.165, 1.54) is 12.5 Å². The third-order valence-electron chi connectivity index (χ3n) is 6.45. The summed E-state index contributed by atoms with van der Waals surface area (Å²) in [5.41, 5.74) is 0.627. The monoisotopic (exact) mass is 403 g/mol. The highest BCUT2D eigenvalue weighted by molar-refractivity contribution is 5.80. The Morgan fingerprint density at radius 2 is 1.72 bits per heavy atom. The number of piperidine rings is 2. The van der Waals surface area contributed by atoms with Crippen LogP contribution in [0.15, 0.2) is 24.3 Å². The summed E-state index contributed by atoms with van der Waals surface area (Å²) in [5, 5.41) is 2.95. The van der Waals surface area contributed by atoms with E-state index in [0.717, 1.165) is 38.8 Å². The molecule has 160 valence electrons. The second kappa shape index (κ2) is 10.2. The third-order valence-corrected chi connectivity index (χ3v) is 6.45. The van der Waals surface area contributed by atoms with Gasteiger partial charge in [0, 0.05) is 24.5 Å². The molecule has 29 heavy (non-hydrogen) atoms. The van der Waals surface area contributed by atoms with Crippen molar-refractivity contribution in [1.29, 1.82) is 0 Å². The molecule has 2 atom stereocenters. The van der Waals surface area contributed by atoms with Crippen molar-refractivity contribution in [2.45, 2.75) is 64.5 Å². The van der Waals surface area contributed by atoms with Crippen LogP contribution in [0, 0.1) is 11.7 Å². The maximum absolute atomic E-state index is 13.6. The van der Waals surface area contributed by atoms with Gasteiger partial charge in [0.2, 0.25) is 11.8 Å². The first-order valence-corrected chi connectivity index (χ1v) is 11.0. The first-order valence-electron chi connectivity index (χ1n) is 11.0. The van der Waals surface area contributed by atoms with Gasteiger partial charge in [0.1, 0.15) is 5.82 Å². The fourth-order valence-corrected chi connectivity index (χ4v) is 4.70. The molecule has 3 rings (SSSR count). The number of hydrogen-bond donors (Lipinski definition) is 1. The molecule has 2 aliphatic rings. The average molecular weight is 404 g/mol. The van der Waals surface area contributed by atoms with Crippen LogP contribution in [-0.4, -0.2) is 59.9 Å². The van der Waals surface area contributed by atoms with Crippen molar-refractivity contribution in [1.82, 2.24) is 15.1 Å². The predicted molar refractivity (Wildman–Crippen MR) is 112 cm³/mol. The predicted octanol–water partition coefficient (Wildman–Crippen LogP) is 2.99. The van der Waals surface area contributed by atoms with Gasteiger partial charge in [0.15, 0.2) is 0 Å². The lowest BCUT2D eigenvalue weighted by atomic mass is 9.95. The van der Waals surface area contributed by atoms with E-state index < -0.39 is 0 Å². The van der Waals surface area contributed by atoms with E-state index in [-0.39, 0.29) is 23.5 Å². The molecule has 0 aromatic heterocycles. The first kappa shape index (κ1) is 21.8. The largest absolute Gasteiger partial charge is 0.356 e. The molecule has 0 saturated carbocycles. The van der Waals surface area contributed by atoms with E-state index in [2.05, 4.69) is 29.0 Å². The number of halogens is 1. The lowest BCUT2D eigenvalue weighted by Gasteiger charge is -2.41. The third kappa shape index (κ3) is 5.78. The molecule has 2 unspecified atom stereocenters. The summed E-state index contributed by atoms with van der Waals surface area (Å²) in [4.78, 5) is 29.5. The van der Waals surface area contributed by atoms with Gasteiger partial charge in [-0.2, -0.15) is 0 Å². The van der Waals surface area contributed by atoms with Crippen LogP contribution < -0.4 is 5.32 Å². The van der Waals surface area contributed by atoms with Gasteiger partial charge in [0.05, 0.1) is 6.54 Å². The number of likely N-dealkylation sites (tertiary alicyclic amines) is 2. The molecule has 1 aromatic carbocycles. The van der Waals surface area contributed by atoms with Crippen LogP contribution in [0.3, 0.4) is 0 Å². The quantitative estimate of drug-likeness (QED) is 0.795.